The zero-order chi connectivity index (χ0) is 10.8. The lowest BCUT2D eigenvalue weighted by atomic mass is 10.0. The molecule has 15 heavy (non-hydrogen) atoms. The Bertz CT molecular complexity index is 119. The zero-order valence-corrected chi connectivity index (χ0v) is 11.7. The molecule has 1 aliphatic carbocycles. The first-order valence-electron chi connectivity index (χ1n) is 7.03. The van der Waals surface area contributed by atoms with Gasteiger partial charge in [-0.3, -0.25) is 0 Å². The van der Waals surface area contributed by atoms with Crippen molar-refractivity contribution in [3.8, 4) is 0 Å². The minimum atomic E-state index is 0.806. The standard InChI is InChI=1S/C14H27Br/c15-14-12-10-8-6-4-2-1-3-5-7-9-11-13-14/h14H,1-13H2. The molecule has 1 aliphatic rings. The van der Waals surface area contributed by atoms with E-state index < -0.39 is 0 Å². The molecule has 1 saturated carbocycles. The normalized spacial score (nSPS) is 24.6. The molecule has 0 nitrogen and oxygen atoms in total. The van der Waals surface area contributed by atoms with Gasteiger partial charge in [0, 0.05) is 4.83 Å². The lowest BCUT2D eigenvalue weighted by molar-refractivity contribution is 0.511. The average Bonchev–Trinajstić information content (AvgIpc) is 2.24. The van der Waals surface area contributed by atoms with Crippen LogP contribution in [0.3, 0.4) is 0 Å². The molecule has 1 heteroatoms. The summed E-state index contributed by atoms with van der Waals surface area (Å²) in [5.41, 5.74) is 0. The molecular weight excluding hydrogens is 248 g/mol. The van der Waals surface area contributed by atoms with Crippen LogP contribution in [-0.4, -0.2) is 4.83 Å². The van der Waals surface area contributed by atoms with Crippen molar-refractivity contribution in [3.63, 3.8) is 0 Å². The van der Waals surface area contributed by atoms with E-state index in [-0.39, 0.29) is 0 Å². The van der Waals surface area contributed by atoms with E-state index in [1.165, 1.54) is 83.5 Å². The van der Waals surface area contributed by atoms with E-state index in [2.05, 4.69) is 15.9 Å². The van der Waals surface area contributed by atoms with Crippen LogP contribution in [0.5, 0.6) is 0 Å². The molecule has 0 heterocycles. The lowest BCUT2D eigenvalue weighted by Crippen LogP contribution is -1.98. The number of hydrogen-bond donors (Lipinski definition) is 0. The minimum Gasteiger partial charge on any atom is -0.0891 e. The second-order valence-electron chi connectivity index (χ2n) is 5.06. The van der Waals surface area contributed by atoms with Gasteiger partial charge in [0.2, 0.25) is 0 Å². The predicted molar refractivity (Wildman–Crippen MR) is 72.7 cm³/mol. The molecule has 1 rings (SSSR count). The maximum absolute atomic E-state index is 3.81. The third kappa shape index (κ3) is 8.30. The highest BCUT2D eigenvalue weighted by Crippen LogP contribution is 2.20. The van der Waals surface area contributed by atoms with Gasteiger partial charge in [0.25, 0.3) is 0 Å². The highest BCUT2D eigenvalue weighted by Gasteiger charge is 2.04. The SMILES string of the molecule is BrC1CCCCCCCCCCCCC1. The van der Waals surface area contributed by atoms with Gasteiger partial charge in [0.15, 0.2) is 0 Å². The summed E-state index contributed by atoms with van der Waals surface area (Å²) in [7, 11) is 0. The van der Waals surface area contributed by atoms with E-state index >= 15 is 0 Å². The topological polar surface area (TPSA) is 0 Å². The smallest absolute Gasteiger partial charge is 0.0145 e. The quantitative estimate of drug-likeness (QED) is 0.487. The molecule has 0 bridgehead atoms. The third-order valence-corrected chi connectivity index (χ3v) is 4.45. The molecule has 0 N–H and O–H groups in total. The summed E-state index contributed by atoms with van der Waals surface area (Å²) in [5.74, 6) is 0. The summed E-state index contributed by atoms with van der Waals surface area (Å²) in [6, 6.07) is 0. The molecule has 0 aromatic rings. The maximum atomic E-state index is 3.81. The fourth-order valence-electron chi connectivity index (χ4n) is 2.47. The largest absolute Gasteiger partial charge is 0.0891 e. The van der Waals surface area contributed by atoms with Crippen molar-refractivity contribution in [2.75, 3.05) is 0 Å². The van der Waals surface area contributed by atoms with E-state index in [9.17, 15) is 0 Å². The molecule has 0 radical (unpaired) electrons. The van der Waals surface area contributed by atoms with Gasteiger partial charge >= 0.3 is 0 Å². The number of alkyl halides is 1. The van der Waals surface area contributed by atoms with Gasteiger partial charge < -0.3 is 0 Å². The van der Waals surface area contributed by atoms with E-state index in [0.29, 0.717) is 0 Å². The number of halogens is 1. The molecule has 0 spiro atoms. The van der Waals surface area contributed by atoms with E-state index in [1.807, 2.05) is 0 Å². The average molecular weight is 275 g/mol. The summed E-state index contributed by atoms with van der Waals surface area (Å²) in [4.78, 5) is 0.806. The van der Waals surface area contributed by atoms with Gasteiger partial charge in [0.1, 0.15) is 0 Å². The van der Waals surface area contributed by atoms with Gasteiger partial charge in [-0.2, -0.15) is 0 Å². The minimum absolute atomic E-state index is 0.806. The monoisotopic (exact) mass is 274 g/mol. The van der Waals surface area contributed by atoms with Crippen LogP contribution in [-0.2, 0) is 0 Å². The number of rotatable bonds is 0. The predicted octanol–water partition coefficient (Wildman–Crippen LogP) is 5.83. The van der Waals surface area contributed by atoms with E-state index in [0.717, 1.165) is 4.83 Å². The summed E-state index contributed by atoms with van der Waals surface area (Å²) in [6.07, 6.45) is 19.0. The summed E-state index contributed by atoms with van der Waals surface area (Å²) in [6.45, 7) is 0. The Morgan fingerprint density at radius 3 is 1.07 bits per heavy atom. The Kier molecular flexibility index (Phi) is 8.75. The second kappa shape index (κ2) is 9.69. The number of hydrogen-bond acceptors (Lipinski definition) is 0. The maximum Gasteiger partial charge on any atom is 0.0145 e. The lowest BCUT2D eigenvalue weighted by Gasteiger charge is -2.10. The zero-order valence-electron chi connectivity index (χ0n) is 10.1. The first kappa shape index (κ1) is 13.5. The van der Waals surface area contributed by atoms with Crippen LogP contribution in [0.4, 0.5) is 0 Å². The van der Waals surface area contributed by atoms with E-state index in [4.69, 9.17) is 0 Å². The second-order valence-corrected chi connectivity index (χ2v) is 6.36. The molecule has 0 amide bonds. The van der Waals surface area contributed by atoms with Gasteiger partial charge in [0.05, 0.1) is 0 Å². The summed E-state index contributed by atoms with van der Waals surface area (Å²) < 4.78 is 0. The third-order valence-electron chi connectivity index (χ3n) is 3.53. The van der Waals surface area contributed by atoms with Crippen LogP contribution in [0.1, 0.15) is 83.5 Å². The van der Waals surface area contributed by atoms with Gasteiger partial charge in [-0.1, -0.05) is 86.6 Å². The molecule has 0 atom stereocenters. The van der Waals surface area contributed by atoms with Crippen molar-refractivity contribution in [2.45, 2.75) is 88.3 Å². The Labute approximate surface area is 104 Å². The van der Waals surface area contributed by atoms with Crippen molar-refractivity contribution < 1.29 is 0 Å². The Balaban J connectivity index is 2.10. The van der Waals surface area contributed by atoms with Crippen molar-refractivity contribution in [2.24, 2.45) is 0 Å². The molecule has 90 valence electrons. The van der Waals surface area contributed by atoms with Gasteiger partial charge in [-0.05, 0) is 12.8 Å². The molecule has 1 fully saturated rings. The fraction of sp³-hybridized carbons (Fsp3) is 1.00. The Morgan fingerprint density at radius 1 is 0.467 bits per heavy atom. The van der Waals surface area contributed by atoms with Crippen LogP contribution >= 0.6 is 15.9 Å². The van der Waals surface area contributed by atoms with Crippen LogP contribution < -0.4 is 0 Å². The first-order chi connectivity index (χ1) is 7.39. The molecule has 0 unspecified atom stereocenters. The summed E-state index contributed by atoms with van der Waals surface area (Å²) in [5, 5.41) is 0. The molecule has 0 aromatic carbocycles. The summed E-state index contributed by atoms with van der Waals surface area (Å²) >= 11 is 3.81. The fourth-order valence-corrected chi connectivity index (χ4v) is 3.11. The van der Waals surface area contributed by atoms with Crippen LogP contribution in [0.15, 0.2) is 0 Å². The van der Waals surface area contributed by atoms with Crippen LogP contribution in [0, 0.1) is 0 Å². The van der Waals surface area contributed by atoms with Gasteiger partial charge in [-0.15, -0.1) is 0 Å². The van der Waals surface area contributed by atoms with Gasteiger partial charge in [-0.25, -0.2) is 0 Å². The molecule has 0 aliphatic heterocycles. The van der Waals surface area contributed by atoms with Crippen molar-refractivity contribution >= 4 is 15.9 Å². The first-order valence-corrected chi connectivity index (χ1v) is 7.95. The molecule has 0 saturated heterocycles. The van der Waals surface area contributed by atoms with Crippen LogP contribution in [0.2, 0.25) is 0 Å². The Hall–Kier alpha value is 0.480. The molecule has 0 aromatic heterocycles. The Morgan fingerprint density at radius 2 is 0.733 bits per heavy atom. The van der Waals surface area contributed by atoms with Crippen molar-refractivity contribution in [1.29, 1.82) is 0 Å². The molecular formula is C14H27Br. The van der Waals surface area contributed by atoms with E-state index in [1.54, 1.807) is 0 Å². The van der Waals surface area contributed by atoms with Crippen LogP contribution in [0.25, 0.3) is 0 Å². The highest BCUT2D eigenvalue weighted by molar-refractivity contribution is 9.09. The van der Waals surface area contributed by atoms with Crippen molar-refractivity contribution in [1.82, 2.24) is 0 Å². The highest BCUT2D eigenvalue weighted by atomic mass is 79.9. The van der Waals surface area contributed by atoms with Crippen molar-refractivity contribution in [3.05, 3.63) is 0 Å².